The Morgan fingerprint density at radius 3 is 2.66 bits per heavy atom. The van der Waals surface area contributed by atoms with E-state index in [2.05, 4.69) is 27.8 Å². The highest BCUT2D eigenvalue weighted by molar-refractivity contribution is 14.0. The molecule has 1 aromatic carbocycles. The zero-order valence-electron chi connectivity index (χ0n) is 18.4. The summed E-state index contributed by atoms with van der Waals surface area (Å²) in [6.45, 7) is 4.42. The molecule has 0 spiro atoms. The molecule has 2 atom stereocenters. The number of alkyl halides is 3. The molecule has 2 N–H and O–H groups in total. The quantitative estimate of drug-likeness (QED) is 0.288. The van der Waals surface area contributed by atoms with Gasteiger partial charge in [0, 0.05) is 57.6 Å². The lowest BCUT2D eigenvalue weighted by molar-refractivity contribution is -0.143. The summed E-state index contributed by atoms with van der Waals surface area (Å²) in [5, 5.41) is 6.42. The van der Waals surface area contributed by atoms with Crippen LogP contribution in [-0.4, -0.2) is 79.7 Å². The van der Waals surface area contributed by atoms with Crippen molar-refractivity contribution >= 4 is 35.8 Å². The second-order valence-corrected chi connectivity index (χ2v) is 8.35. The molecular formula is C22H33F3IN5O. The average molecular weight is 567 g/mol. The molecule has 32 heavy (non-hydrogen) atoms. The number of guanidine groups is 1. The van der Waals surface area contributed by atoms with Gasteiger partial charge in [-0.2, -0.15) is 13.2 Å². The standard InChI is InChI=1S/C22H32F3N5O.HI/c1-2-26-21(28-19-9-10-29(15-19)16-22(23,24)25)27-13-18-12-20(31)30(14-18)11-8-17-6-4-3-5-7-17;/h3-7,18-19H,2,8-16H2,1H3,(H2,26,27,28);1H. The van der Waals surface area contributed by atoms with Crippen LogP contribution in [0.15, 0.2) is 35.3 Å². The van der Waals surface area contributed by atoms with Gasteiger partial charge in [-0.25, -0.2) is 0 Å². The topological polar surface area (TPSA) is 60.0 Å². The van der Waals surface area contributed by atoms with Gasteiger partial charge in [0.1, 0.15) is 0 Å². The Balaban J connectivity index is 0.00000363. The molecule has 0 aromatic heterocycles. The summed E-state index contributed by atoms with van der Waals surface area (Å²) in [4.78, 5) is 20.3. The monoisotopic (exact) mass is 567 g/mol. The summed E-state index contributed by atoms with van der Waals surface area (Å²) in [6, 6.07) is 10.0. The van der Waals surface area contributed by atoms with Gasteiger partial charge in [-0.15, -0.1) is 24.0 Å². The minimum absolute atomic E-state index is 0. The highest BCUT2D eigenvalue weighted by Crippen LogP contribution is 2.20. The molecule has 3 rings (SSSR count). The fourth-order valence-electron chi connectivity index (χ4n) is 4.18. The molecule has 0 radical (unpaired) electrons. The van der Waals surface area contributed by atoms with E-state index in [1.54, 1.807) is 0 Å². The maximum atomic E-state index is 12.6. The third-order valence-corrected chi connectivity index (χ3v) is 5.68. The van der Waals surface area contributed by atoms with Crippen molar-refractivity contribution in [2.45, 2.75) is 38.4 Å². The molecule has 1 amide bonds. The number of rotatable bonds is 8. The molecule has 0 saturated carbocycles. The lowest BCUT2D eigenvalue weighted by Gasteiger charge is -2.20. The Morgan fingerprint density at radius 2 is 1.97 bits per heavy atom. The van der Waals surface area contributed by atoms with Gasteiger partial charge in [-0.05, 0) is 25.3 Å². The van der Waals surface area contributed by atoms with Crippen LogP contribution in [0, 0.1) is 5.92 Å². The lowest BCUT2D eigenvalue weighted by atomic mass is 10.1. The second kappa shape index (κ2) is 12.6. The maximum absolute atomic E-state index is 12.6. The summed E-state index contributed by atoms with van der Waals surface area (Å²) in [6.07, 6.45) is -2.20. The minimum Gasteiger partial charge on any atom is -0.357 e. The van der Waals surface area contributed by atoms with Crippen LogP contribution in [0.2, 0.25) is 0 Å². The van der Waals surface area contributed by atoms with E-state index in [9.17, 15) is 18.0 Å². The van der Waals surface area contributed by atoms with E-state index in [0.29, 0.717) is 58.1 Å². The highest BCUT2D eigenvalue weighted by atomic mass is 127. The van der Waals surface area contributed by atoms with Crippen LogP contribution in [0.3, 0.4) is 0 Å². The number of aliphatic imine (C=N–C) groups is 1. The highest BCUT2D eigenvalue weighted by Gasteiger charge is 2.34. The molecule has 10 heteroatoms. The Hall–Kier alpha value is -1.56. The van der Waals surface area contributed by atoms with Crippen LogP contribution in [0.25, 0.3) is 0 Å². The Morgan fingerprint density at radius 1 is 1.22 bits per heavy atom. The average Bonchev–Trinajstić information content (AvgIpc) is 3.30. The summed E-state index contributed by atoms with van der Waals surface area (Å²) in [5.41, 5.74) is 1.21. The van der Waals surface area contributed by atoms with Crippen LogP contribution in [-0.2, 0) is 11.2 Å². The fraction of sp³-hybridized carbons (Fsp3) is 0.636. The largest absolute Gasteiger partial charge is 0.401 e. The number of amides is 1. The summed E-state index contributed by atoms with van der Waals surface area (Å²) < 4.78 is 37.8. The molecular weight excluding hydrogens is 534 g/mol. The number of carbonyl (C=O) groups is 1. The van der Waals surface area contributed by atoms with Crippen molar-refractivity contribution in [1.29, 1.82) is 0 Å². The third-order valence-electron chi connectivity index (χ3n) is 5.68. The molecule has 0 bridgehead atoms. The maximum Gasteiger partial charge on any atom is 0.401 e. The fourth-order valence-corrected chi connectivity index (χ4v) is 4.18. The molecule has 2 heterocycles. The van der Waals surface area contributed by atoms with Gasteiger partial charge in [0.25, 0.3) is 0 Å². The molecule has 2 aliphatic heterocycles. The van der Waals surface area contributed by atoms with Crippen molar-refractivity contribution in [2.24, 2.45) is 10.9 Å². The van der Waals surface area contributed by atoms with Crippen molar-refractivity contribution in [2.75, 3.05) is 45.8 Å². The third kappa shape index (κ3) is 8.76. The second-order valence-electron chi connectivity index (χ2n) is 8.35. The van der Waals surface area contributed by atoms with Gasteiger partial charge in [-0.3, -0.25) is 14.7 Å². The first-order chi connectivity index (χ1) is 14.8. The summed E-state index contributed by atoms with van der Waals surface area (Å²) >= 11 is 0. The Kier molecular flexibility index (Phi) is 10.5. The van der Waals surface area contributed by atoms with Gasteiger partial charge < -0.3 is 15.5 Å². The van der Waals surface area contributed by atoms with Crippen LogP contribution in [0.4, 0.5) is 13.2 Å². The van der Waals surface area contributed by atoms with E-state index in [1.165, 1.54) is 10.5 Å². The predicted octanol–water partition coefficient (Wildman–Crippen LogP) is 2.89. The molecule has 0 aliphatic carbocycles. The van der Waals surface area contributed by atoms with Crippen molar-refractivity contribution in [3.63, 3.8) is 0 Å². The van der Waals surface area contributed by atoms with E-state index in [1.807, 2.05) is 30.0 Å². The van der Waals surface area contributed by atoms with Crippen molar-refractivity contribution < 1.29 is 18.0 Å². The van der Waals surface area contributed by atoms with Gasteiger partial charge in [0.2, 0.25) is 5.91 Å². The number of nitrogens with one attached hydrogen (secondary N) is 2. The zero-order valence-corrected chi connectivity index (χ0v) is 20.7. The van der Waals surface area contributed by atoms with E-state index in [4.69, 9.17) is 0 Å². The predicted molar refractivity (Wildman–Crippen MR) is 130 cm³/mol. The lowest BCUT2D eigenvalue weighted by Crippen LogP contribution is -2.45. The minimum atomic E-state index is -4.17. The first-order valence-corrected chi connectivity index (χ1v) is 11.0. The summed E-state index contributed by atoms with van der Waals surface area (Å²) in [5.74, 6) is 0.924. The van der Waals surface area contributed by atoms with Crippen LogP contribution >= 0.6 is 24.0 Å². The number of likely N-dealkylation sites (tertiary alicyclic amines) is 2. The SMILES string of the molecule is CCNC(=NCC1CC(=O)N(CCc2ccccc2)C1)NC1CCN(CC(F)(F)F)C1.I. The number of carbonyl (C=O) groups excluding carboxylic acids is 1. The van der Waals surface area contributed by atoms with E-state index < -0.39 is 12.7 Å². The number of benzene rings is 1. The molecule has 6 nitrogen and oxygen atoms in total. The molecule has 2 aliphatic rings. The number of nitrogens with zero attached hydrogens (tertiary/aromatic N) is 3. The van der Waals surface area contributed by atoms with Crippen molar-refractivity contribution in [1.82, 2.24) is 20.4 Å². The van der Waals surface area contributed by atoms with E-state index in [0.717, 1.165) is 6.42 Å². The van der Waals surface area contributed by atoms with Crippen LogP contribution in [0.1, 0.15) is 25.3 Å². The molecule has 2 saturated heterocycles. The van der Waals surface area contributed by atoms with Crippen LogP contribution in [0.5, 0.6) is 0 Å². The number of hydrogen-bond acceptors (Lipinski definition) is 3. The first-order valence-electron chi connectivity index (χ1n) is 11.0. The number of halogens is 4. The van der Waals surface area contributed by atoms with Crippen molar-refractivity contribution in [3.05, 3.63) is 35.9 Å². The zero-order chi connectivity index (χ0) is 22.3. The molecule has 180 valence electrons. The number of hydrogen-bond donors (Lipinski definition) is 2. The van der Waals surface area contributed by atoms with Crippen molar-refractivity contribution in [3.8, 4) is 0 Å². The van der Waals surface area contributed by atoms with E-state index in [-0.39, 0.29) is 41.8 Å². The summed E-state index contributed by atoms with van der Waals surface area (Å²) in [7, 11) is 0. The Bertz CT molecular complexity index is 747. The Labute approximate surface area is 205 Å². The van der Waals surface area contributed by atoms with Crippen LogP contribution < -0.4 is 10.6 Å². The first kappa shape index (κ1) is 26.7. The molecule has 2 fully saturated rings. The van der Waals surface area contributed by atoms with Gasteiger partial charge >= 0.3 is 6.18 Å². The van der Waals surface area contributed by atoms with Gasteiger partial charge in [0.15, 0.2) is 5.96 Å². The molecule has 1 aromatic rings. The van der Waals surface area contributed by atoms with E-state index >= 15 is 0 Å². The van der Waals surface area contributed by atoms with Gasteiger partial charge in [0.05, 0.1) is 6.54 Å². The molecule has 2 unspecified atom stereocenters. The normalized spacial score (nSPS) is 22.2. The smallest absolute Gasteiger partial charge is 0.357 e. The van der Waals surface area contributed by atoms with Gasteiger partial charge in [-0.1, -0.05) is 30.3 Å².